The SMILES string of the molecule is CCOC(=O)C=C(CNC(CC1C2CCC1CC2)C(=O)OC)Oc1ccccc1Cl. The van der Waals surface area contributed by atoms with E-state index < -0.39 is 12.0 Å². The fourth-order valence-corrected chi connectivity index (χ4v) is 4.95. The predicted octanol–water partition coefficient (Wildman–Crippen LogP) is 4.12. The van der Waals surface area contributed by atoms with Crippen molar-refractivity contribution in [3.05, 3.63) is 41.1 Å². The van der Waals surface area contributed by atoms with Crippen molar-refractivity contribution < 1.29 is 23.8 Å². The highest BCUT2D eigenvalue weighted by Gasteiger charge is 2.43. The van der Waals surface area contributed by atoms with E-state index >= 15 is 0 Å². The third kappa shape index (κ3) is 5.76. The number of hydrogen-bond donors (Lipinski definition) is 1. The van der Waals surface area contributed by atoms with Crippen LogP contribution < -0.4 is 10.1 Å². The molecule has 2 fully saturated rings. The zero-order valence-corrected chi connectivity index (χ0v) is 18.3. The summed E-state index contributed by atoms with van der Waals surface area (Å²) in [5.41, 5.74) is 0. The molecule has 7 heteroatoms. The minimum absolute atomic E-state index is 0.172. The van der Waals surface area contributed by atoms with Gasteiger partial charge < -0.3 is 14.2 Å². The first-order valence-corrected chi connectivity index (χ1v) is 11.0. The molecule has 1 aromatic rings. The van der Waals surface area contributed by atoms with Crippen LogP contribution in [0.4, 0.5) is 0 Å². The Kier molecular flexibility index (Phi) is 8.16. The Hall–Kier alpha value is -2.05. The van der Waals surface area contributed by atoms with Crippen LogP contribution in [0.15, 0.2) is 36.1 Å². The lowest BCUT2D eigenvalue weighted by atomic mass is 9.90. The molecule has 0 aromatic heterocycles. The van der Waals surface area contributed by atoms with Gasteiger partial charge in [0.25, 0.3) is 0 Å². The highest BCUT2D eigenvalue weighted by Crippen LogP contribution is 2.51. The Labute approximate surface area is 182 Å². The van der Waals surface area contributed by atoms with E-state index in [1.54, 1.807) is 31.2 Å². The van der Waals surface area contributed by atoms with Gasteiger partial charge in [0.05, 0.1) is 31.4 Å². The standard InChI is InChI=1S/C23H30ClNO5/c1-3-29-22(26)12-17(30-21-7-5-4-6-19(21)24)14-25-20(23(27)28-2)13-18-15-8-9-16(18)11-10-15/h4-7,12,15-16,18,20,25H,3,8-11,13-14H2,1-2H3. The number of carbonyl (C=O) groups excluding carboxylic acids is 2. The Morgan fingerprint density at radius 1 is 1.20 bits per heavy atom. The normalized spacial score (nSPS) is 23.8. The molecule has 0 heterocycles. The van der Waals surface area contributed by atoms with Crippen molar-refractivity contribution in [1.29, 1.82) is 0 Å². The maximum Gasteiger partial charge on any atom is 0.334 e. The van der Waals surface area contributed by atoms with Gasteiger partial charge in [0.2, 0.25) is 0 Å². The number of fused-ring (bicyclic) bond motifs is 2. The lowest BCUT2D eigenvalue weighted by Gasteiger charge is -2.23. The second-order valence-electron chi connectivity index (χ2n) is 7.93. The first-order valence-electron chi connectivity index (χ1n) is 10.6. The van der Waals surface area contributed by atoms with Gasteiger partial charge in [-0.1, -0.05) is 23.7 Å². The van der Waals surface area contributed by atoms with Crippen LogP contribution in [0.3, 0.4) is 0 Å². The Morgan fingerprint density at radius 3 is 2.47 bits per heavy atom. The molecule has 2 bridgehead atoms. The van der Waals surface area contributed by atoms with Crippen molar-refractivity contribution in [1.82, 2.24) is 5.32 Å². The van der Waals surface area contributed by atoms with Crippen LogP contribution in [0.2, 0.25) is 5.02 Å². The number of methoxy groups -OCH3 is 1. The third-order valence-corrected chi connectivity index (χ3v) is 6.50. The minimum Gasteiger partial charge on any atom is -0.468 e. The smallest absolute Gasteiger partial charge is 0.334 e. The van der Waals surface area contributed by atoms with Gasteiger partial charge in [-0.2, -0.15) is 0 Å². The second kappa shape index (κ2) is 10.8. The summed E-state index contributed by atoms with van der Waals surface area (Å²) >= 11 is 6.19. The molecule has 2 aliphatic carbocycles. The lowest BCUT2D eigenvalue weighted by Crippen LogP contribution is -2.41. The monoisotopic (exact) mass is 435 g/mol. The summed E-state index contributed by atoms with van der Waals surface area (Å²) in [6.45, 7) is 2.17. The summed E-state index contributed by atoms with van der Waals surface area (Å²) < 4.78 is 15.9. The molecule has 0 spiro atoms. The number of esters is 2. The van der Waals surface area contributed by atoms with Gasteiger partial charge in [0.1, 0.15) is 17.6 Å². The number of para-hydroxylation sites is 1. The van der Waals surface area contributed by atoms with E-state index in [0.29, 0.717) is 34.3 Å². The van der Waals surface area contributed by atoms with Gasteiger partial charge in [-0.05, 0) is 68.9 Å². The van der Waals surface area contributed by atoms with Gasteiger partial charge in [-0.25, -0.2) is 4.79 Å². The van der Waals surface area contributed by atoms with Crippen LogP contribution in [0.5, 0.6) is 5.75 Å². The average Bonchev–Trinajstić information content (AvgIpc) is 3.31. The lowest BCUT2D eigenvalue weighted by molar-refractivity contribution is -0.143. The van der Waals surface area contributed by atoms with E-state index in [1.165, 1.54) is 38.9 Å². The van der Waals surface area contributed by atoms with Gasteiger partial charge in [-0.15, -0.1) is 0 Å². The van der Waals surface area contributed by atoms with Crippen LogP contribution in [-0.4, -0.2) is 38.2 Å². The molecule has 1 aromatic carbocycles. The highest BCUT2D eigenvalue weighted by molar-refractivity contribution is 6.32. The quantitative estimate of drug-likeness (QED) is 0.338. The third-order valence-electron chi connectivity index (χ3n) is 6.19. The maximum absolute atomic E-state index is 12.4. The van der Waals surface area contributed by atoms with E-state index in [2.05, 4.69) is 5.32 Å². The summed E-state index contributed by atoms with van der Waals surface area (Å²) in [6.07, 6.45) is 7.05. The van der Waals surface area contributed by atoms with Crippen molar-refractivity contribution in [2.45, 2.75) is 45.1 Å². The first kappa shape index (κ1) is 22.6. The zero-order valence-electron chi connectivity index (χ0n) is 17.6. The fraction of sp³-hybridized carbons (Fsp3) is 0.565. The van der Waals surface area contributed by atoms with Crippen LogP contribution in [0.1, 0.15) is 39.0 Å². The molecule has 0 amide bonds. The highest BCUT2D eigenvalue weighted by atomic mass is 35.5. The molecule has 1 unspecified atom stereocenters. The maximum atomic E-state index is 12.4. The van der Waals surface area contributed by atoms with Gasteiger partial charge >= 0.3 is 11.9 Å². The molecule has 164 valence electrons. The van der Waals surface area contributed by atoms with Crippen molar-refractivity contribution >= 4 is 23.5 Å². The number of carbonyl (C=O) groups is 2. The van der Waals surface area contributed by atoms with Gasteiger partial charge in [0.15, 0.2) is 0 Å². The summed E-state index contributed by atoms with van der Waals surface area (Å²) in [6, 6.07) is 6.56. The number of rotatable bonds is 10. The fourth-order valence-electron chi connectivity index (χ4n) is 4.77. The van der Waals surface area contributed by atoms with Crippen molar-refractivity contribution in [3.63, 3.8) is 0 Å². The molecule has 30 heavy (non-hydrogen) atoms. The first-order chi connectivity index (χ1) is 14.5. The number of hydrogen-bond acceptors (Lipinski definition) is 6. The molecule has 1 N–H and O–H groups in total. The Morgan fingerprint density at radius 2 is 1.87 bits per heavy atom. The number of halogens is 1. The summed E-state index contributed by atoms with van der Waals surface area (Å²) in [5.74, 6) is 1.91. The van der Waals surface area contributed by atoms with Crippen molar-refractivity contribution in [2.24, 2.45) is 17.8 Å². The number of nitrogens with one attached hydrogen (secondary N) is 1. The van der Waals surface area contributed by atoms with E-state index in [4.69, 9.17) is 25.8 Å². The molecule has 0 radical (unpaired) electrons. The Balaban J connectivity index is 1.70. The molecule has 6 nitrogen and oxygen atoms in total. The summed E-state index contributed by atoms with van der Waals surface area (Å²) in [5, 5.41) is 3.66. The van der Waals surface area contributed by atoms with Crippen LogP contribution in [0, 0.1) is 17.8 Å². The van der Waals surface area contributed by atoms with Crippen LogP contribution in [0.25, 0.3) is 0 Å². The minimum atomic E-state index is -0.509. The van der Waals surface area contributed by atoms with Crippen LogP contribution in [-0.2, 0) is 19.1 Å². The summed E-state index contributed by atoms with van der Waals surface area (Å²) in [4.78, 5) is 24.4. The Bertz CT molecular complexity index is 761. The number of ether oxygens (including phenoxy) is 3. The largest absolute Gasteiger partial charge is 0.468 e. The van der Waals surface area contributed by atoms with Gasteiger partial charge in [0, 0.05) is 0 Å². The molecule has 2 saturated carbocycles. The molecule has 0 saturated heterocycles. The second-order valence-corrected chi connectivity index (χ2v) is 8.33. The summed E-state index contributed by atoms with van der Waals surface area (Å²) in [7, 11) is 1.40. The van der Waals surface area contributed by atoms with Crippen molar-refractivity contribution in [2.75, 3.05) is 20.3 Å². The van der Waals surface area contributed by atoms with E-state index in [0.717, 1.165) is 6.42 Å². The predicted molar refractivity (Wildman–Crippen MR) is 114 cm³/mol. The van der Waals surface area contributed by atoms with E-state index in [-0.39, 0.29) is 19.1 Å². The number of benzene rings is 1. The van der Waals surface area contributed by atoms with Gasteiger partial charge in [-0.3, -0.25) is 10.1 Å². The zero-order chi connectivity index (χ0) is 21.5. The molecule has 3 rings (SSSR count). The molecule has 1 atom stereocenters. The average molecular weight is 436 g/mol. The van der Waals surface area contributed by atoms with Crippen molar-refractivity contribution in [3.8, 4) is 5.75 Å². The molecule has 0 aliphatic heterocycles. The molecular weight excluding hydrogens is 406 g/mol. The van der Waals surface area contributed by atoms with E-state index in [9.17, 15) is 9.59 Å². The van der Waals surface area contributed by atoms with E-state index in [1.807, 2.05) is 0 Å². The molecule has 2 aliphatic rings. The topological polar surface area (TPSA) is 73.9 Å². The molecular formula is C23H30ClNO5. The van der Waals surface area contributed by atoms with Crippen LogP contribution >= 0.6 is 11.6 Å².